The number of hydrogen-bond acceptors (Lipinski definition) is 3. The van der Waals surface area contributed by atoms with Gasteiger partial charge in [-0.05, 0) is 44.2 Å². The molecule has 1 saturated heterocycles. The van der Waals surface area contributed by atoms with Gasteiger partial charge in [-0.3, -0.25) is 4.79 Å². The quantitative estimate of drug-likeness (QED) is 0.603. The summed E-state index contributed by atoms with van der Waals surface area (Å²) in [6.07, 6.45) is 0. The van der Waals surface area contributed by atoms with Crippen LogP contribution in [-0.2, 0) is 0 Å². The number of carbonyl (C=O) groups excluding carboxylic acids is 1. The normalized spacial score (nSPS) is 14.3. The van der Waals surface area contributed by atoms with Crippen LogP contribution in [0.15, 0.2) is 48.5 Å². The minimum absolute atomic E-state index is 0.0379. The number of aromatic nitrogens is 2. The zero-order valence-electron chi connectivity index (χ0n) is 16.4. The minimum Gasteiger partial charge on any atom is -0.368 e. The number of carbonyl (C=O) groups is 1. The third-order valence-corrected chi connectivity index (χ3v) is 6.08. The summed E-state index contributed by atoms with van der Waals surface area (Å²) < 4.78 is 1.84. The van der Waals surface area contributed by atoms with Crippen LogP contribution in [0.4, 0.5) is 5.69 Å². The molecule has 4 rings (SSSR count). The molecule has 0 N–H and O–H groups in total. The van der Waals surface area contributed by atoms with Gasteiger partial charge in [0.1, 0.15) is 0 Å². The third kappa shape index (κ3) is 3.85. The van der Waals surface area contributed by atoms with Gasteiger partial charge in [-0.1, -0.05) is 41.4 Å². The van der Waals surface area contributed by atoms with Crippen LogP contribution in [0.3, 0.4) is 0 Å². The predicted octanol–water partition coefficient (Wildman–Crippen LogP) is 4.76. The molecule has 0 saturated carbocycles. The van der Waals surface area contributed by atoms with E-state index in [1.807, 2.05) is 65.9 Å². The number of aryl methyl sites for hydroxylation is 1. The highest BCUT2D eigenvalue weighted by Crippen LogP contribution is 2.28. The summed E-state index contributed by atoms with van der Waals surface area (Å²) in [4.78, 5) is 17.4. The fourth-order valence-electron chi connectivity index (χ4n) is 3.78. The Bertz CT molecular complexity index is 1040. The molecule has 0 bridgehead atoms. The average molecular weight is 429 g/mol. The Kier molecular flexibility index (Phi) is 5.52. The molecule has 7 heteroatoms. The number of benzene rings is 2. The van der Waals surface area contributed by atoms with E-state index in [0.29, 0.717) is 28.7 Å². The summed E-state index contributed by atoms with van der Waals surface area (Å²) in [5.74, 6) is 0.0379. The number of amides is 1. The van der Waals surface area contributed by atoms with Crippen LogP contribution in [0, 0.1) is 13.8 Å². The van der Waals surface area contributed by atoms with Gasteiger partial charge < -0.3 is 9.80 Å². The molecule has 3 aromatic rings. The maximum Gasteiger partial charge on any atom is 0.257 e. The van der Waals surface area contributed by atoms with E-state index in [2.05, 4.69) is 10.00 Å². The summed E-state index contributed by atoms with van der Waals surface area (Å²) in [5, 5.41) is 5.70. The van der Waals surface area contributed by atoms with E-state index in [1.54, 1.807) is 6.07 Å². The Balaban J connectivity index is 1.50. The Morgan fingerprint density at radius 2 is 1.59 bits per heavy atom. The second-order valence-corrected chi connectivity index (χ2v) is 7.99. The van der Waals surface area contributed by atoms with Crippen molar-refractivity contribution in [2.75, 3.05) is 31.1 Å². The molecule has 29 heavy (non-hydrogen) atoms. The third-order valence-electron chi connectivity index (χ3n) is 5.34. The maximum absolute atomic E-state index is 13.2. The highest BCUT2D eigenvalue weighted by atomic mass is 35.5. The summed E-state index contributed by atoms with van der Waals surface area (Å²) in [6.45, 7) is 6.63. The van der Waals surface area contributed by atoms with Gasteiger partial charge in [-0.15, -0.1) is 0 Å². The fraction of sp³-hybridized carbons (Fsp3) is 0.273. The van der Waals surface area contributed by atoms with Crippen LogP contribution in [0.1, 0.15) is 21.7 Å². The highest BCUT2D eigenvalue weighted by molar-refractivity contribution is 6.42. The molecule has 0 unspecified atom stereocenters. The van der Waals surface area contributed by atoms with Gasteiger partial charge in [0.25, 0.3) is 5.91 Å². The van der Waals surface area contributed by atoms with Crippen LogP contribution in [-0.4, -0.2) is 46.8 Å². The van der Waals surface area contributed by atoms with E-state index in [0.717, 1.165) is 35.9 Å². The second-order valence-electron chi connectivity index (χ2n) is 7.17. The number of hydrogen-bond donors (Lipinski definition) is 0. The minimum atomic E-state index is 0.0379. The molecular weight excluding hydrogens is 407 g/mol. The number of nitrogens with zero attached hydrogens (tertiary/aromatic N) is 4. The molecular formula is C22H22Cl2N4O. The van der Waals surface area contributed by atoms with Gasteiger partial charge in [-0.2, -0.15) is 5.10 Å². The van der Waals surface area contributed by atoms with Crippen molar-refractivity contribution in [2.45, 2.75) is 13.8 Å². The fourth-order valence-corrected chi connectivity index (χ4v) is 4.07. The molecule has 0 aliphatic carbocycles. The maximum atomic E-state index is 13.2. The molecule has 2 aromatic carbocycles. The van der Waals surface area contributed by atoms with Crippen molar-refractivity contribution in [3.05, 3.63) is 75.5 Å². The molecule has 0 spiro atoms. The first-order chi connectivity index (χ1) is 14.0. The largest absolute Gasteiger partial charge is 0.368 e. The second kappa shape index (κ2) is 8.09. The summed E-state index contributed by atoms with van der Waals surface area (Å²) in [5.41, 5.74) is 4.29. The molecule has 1 aliphatic heterocycles. The van der Waals surface area contributed by atoms with Gasteiger partial charge in [-0.25, -0.2) is 4.68 Å². The first-order valence-electron chi connectivity index (χ1n) is 9.56. The zero-order valence-corrected chi connectivity index (χ0v) is 17.9. The molecule has 0 radical (unpaired) electrons. The first kappa shape index (κ1) is 19.8. The predicted molar refractivity (Wildman–Crippen MR) is 118 cm³/mol. The van der Waals surface area contributed by atoms with Gasteiger partial charge in [0.15, 0.2) is 0 Å². The Morgan fingerprint density at radius 1 is 0.897 bits per heavy atom. The molecule has 1 fully saturated rings. The van der Waals surface area contributed by atoms with Gasteiger partial charge >= 0.3 is 0 Å². The summed E-state index contributed by atoms with van der Waals surface area (Å²) >= 11 is 12.2. The van der Waals surface area contributed by atoms with Crippen molar-refractivity contribution in [1.82, 2.24) is 14.7 Å². The van der Waals surface area contributed by atoms with Crippen molar-refractivity contribution in [3.8, 4) is 5.69 Å². The number of anilines is 1. The van der Waals surface area contributed by atoms with Crippen LogP contribution >= 0.6 is 23.2 Å². The standard InChI is InChI=1S/C22H22Cl2N4O/c1-15-21(16(2)28(25-15)17-6-4-3-5-7-17)22(29)27-12-10-26(11-13-27)18-8-9-19(23)20(24)14-18/h3-9,14H,10-13H2,1-2H3. The molecule has 1 aliphatic rings. The van der Waals surface area contributed by atoms with Crippen molar-refractivity contribution in [2.24, 2.45) is 0 Å². The number of piperazine rings is 1. The van der Waals surface area contributed by atoms with E-state index in [4.69, 9.17) is 23.2 Å². The lowest BCUT2D eigenvalue weighted by Crippen LogP contribution is -2.49. The Morgan fingerprint density at radius 3 is 2.24 bits per heavy atom. The number of halogens is 2. The van der Waals surface area contributed by atoms with Crippen LogP contribution in [0.5, 0.6) is 0 Å². The summed E-state index contributed by atoms with van der Waals surface area (Å²) in [6, 6.07) is 15.5. The van der Waals surface area contributed by atoms with Gasteiger partial charge in [0.2, 0.25) is 0 Å². The molecule has 5 nitrogen and oxygen atoms in total. The smallest absolute Gasteiger partial charge is 0.257 e. The number of para-hydroxylation sites is 1. The van der Waals surface area contributed by atoms with Crippen molar-refractivity contribution in [1.29, 1.82) is 0 Å². The molecule has 0 atom stereocenters. The molecule has 2 heterocycles. The van der Waals surface area contributed by atoms with Crippen molar-refractivity contribution < 1.29 is 4.79 Å². The van der Waals surface area contributed by atoms with Crippen LogP contribution in [0.2, 0.25) is 10.0 Å². The lowest BCUT2D eigenvalue weighted by molar-refractivity contribution is 0.0745. The SMILES string of the molecule is Cc1nn(-c2ccccc2)c(C)c1C(=O)N1CCN(c2ccc(Cl)c(Cl)c2)CC1. The average Bonchev–Trinajstić information content (AvgIpc) is 3.04. The van der Waals surface area contributed by atoms with Crippen LogP contribution < -0.4 is 4.90 Å². The zero-order chi connectivity index (χ0) is 20.5. The Labute approximate surface area is 180 Å². The van der Waals surface area contributed by atoms with E-state index in [1.165, 1.54) is 0 Å². The van der Waals surface area contributed by atoms with E-state index < -0.39 is 0 Å². The monoisotopic (exact) mass is 428 g/mol. The Hall–Kier alpha value is -2.50. The molecule has 1 aromatic heterocycles. The number of rotatable bonds is 3. The van der Waals surface area contributed by atoms with Gasteiger partial charge in [0.05, 0.1) is 32.7 Å². The van der Waals surface area contributed by atoms with Crippen molar-refractivity contribution in [3.63, 3.8) is 0 Å². The first-order valence-corrected chi connectivity index (χ1v) is 10.3. The highest BCUT2D eigenvalue weighted by Gasteiger charge is 2.27. The van der Waals surface area contributed by atoms with E-state index in [-0.39, 0.29) is 5.91 Å². The summed E-state index contributed by atoms with van der Waals surface area (Å²) in [7, 11) is 0. The molecule has 150 valence electrons. The van der Waals surface area contributed by atoms with E-state index in [9.17, 15) is 4.79 Å². The van der Waals surface area contributed by atoms with Gasteiger partial charge in [0, 0.05) is 31.9 Å². The molecule has 1 amide bonds. The lowest BCUT2D eigenvalue weighted by atomic mass is 10.1. The van der Waals surface area contributed by atoms with Crippen LogP contribution in [0.25, 0.3) is 5.69 Å². The lowest BCUT2D eigenvalue weighted by Gasteiger charge is -2.36. The topological polar surface area (TPSA) is 41.4 Å². The van der Waals surface area contributed by atoms with E-state index >= 15 is 0 Å². The van der Waals surface area contributed by atoms with Crippen molar-refractivity contribution >= 4 is 34.8 Å².